The first-order valence-corrected chi connectivity index (χ1v) is 7.48. The van der Waals surface area contributed by atoms with Crippen LogP contribution in [0.3, 0.4) is 0 Å². The molecular weight excluding hydrogens is 318 g/mol. The van der Waals surface area contributed by atoms with Gasteiger partial charge in [-0.15, -0.1) is 0 Å². The second-order valence-electron chi connectivity index (χ2n) is 5.42. The van der Waals surface area contributed by atoms with E-state index in [2.05, 4.69) is 5.32 Å². The van der Waals surface area contributed by atoms with E-state index in [9.17, 15) is 14.4 Å². The number of morpholine rings is 1. The predicted molar refractivity (Wildman–Crippen MR) is 83.3 cm³/mol. The smallest absolute Gasteiger partial charge is 0.414 e. The molecule has 1 aromatic rings. The number of rotatable bonds is 4. The first-order chi connectivity index (χ1) is 11.5. The highest BCUT2D eigenvalue weighted by Crippen LogP contribution is 2.25. The first-order valence-electron chi connectivity index (χ1n) is 7.48. The molecule has 2 aliphatic heterocycles. The molecular formula is C15H17N3O6. The number of amides is 3. The van der Waals surface area contributed by atoms with E-state index in [0.29, 0.717) is 18.8 Å². The van der Waals surface area contributed by atoms with Crippen molar-refractivity contribution >= 4 is 29.5 Å². The maximum absolute atomic E-state index is 11.9. The fourth-order valence-corrected chi connectivity index (χ4v) is 2.64. The molecule has 0 aromatic heterocycles. The highest BCUT2D eigenvalue weighted by atomic mass is 16.6. The number of nitrogens with one attached hydrogen (secondary N) is 1. The maximum atomic E-state index is 11.9. The molecule has 9 heteroatoms. The third-order valence-corrected chi connectivity index (χ3v) is 3.81. The van der Waals surface area contributed by atoms with Crippen molar-refractivity contribution in [3.05, 3.63) is 24.3 Å². The van der Waals surface area contributed by atoms with Gasteiger partial charge in [0.1, 0.15) is 12.7 Å². The predicted octanol–water partition coefficient (Wildman–Crippen LogP) is 0.643. The van der Waals surface area contributed by atoms with Gasteiger partial charge in [-0.1, -0.05) is 0 Å². The van der Waals surface area contributed by atoms with Gasteiger partial charge in [0, 0.05) is 17.9 Å². The molecule has 2 fully saturated rings. The van der Waals surface area contributed by atoms with Crippen molar-refractivity contribution in [2.24, 2.45) is 0 Å². The second kappa shape index (κ2) is 6.75. The molecule has 128 valence electrons. The average molecular weight is 335 g/mol. The zero-order chi connectivity index (χ0) is 17.1. The summed E-state index contributed by atoms with van der Waals surface area (Å²) in [6.45, 7) is 1.35. The van der Waals surface area contributed by atoms with Gasteiger partial charge in [0.15, 0.2) is 0 Å². The molecule has 2 N–H and O–H groups in total. The summed E-state index contributed by atoms with van der Waals surface area (Å²) in [5.41, 5.74) is 1.37. The van der Waals surface area contributed by atoms with Crippen LogP contribution >= 0.6 is 0 Å². The van der Waals surface area contributed by atoms with Crippen LogP contribution in [-0.4, -0.2) is 62.2 Å². The third-order valence-electron chi connectivity index (χ3n) is 3.81. The molecule has 0 saturated carbocycles. The van der Waals surface area contributed by atoms with Gasteiger partial charge >= 0.3 is 12.2 Å². The van der Waals surface area contributed by atoms with Gasteiger partial charge in [-0.05, 0) is 24.3 Å². The van der Waals surface area contributed by atoms with Gasteiger partial charge in [-0.3, -0.25) is 9.69 Å². The lowest BCUT2D eigenvalue weighted by molar-refractivity contribution is -0.125. The fraction of sp³-hybridized carbons (Fsp3) is 0.400. The van der Waals surface area contributed by atoms with Crippen LogP contribution in [0.25, 0.3) is 0 Å². The summed E-state index contributed by atoms with van der Waals surface area (Å²) in [5.74, 6) is -0.102. The maximum Gasteiger partial charge on any atom is 0.414 e. The van der Waals surface area contributed by atoms with Crippen molar-refractivity contribution < 1.29 is 29.0 Å². The normalized spacial score (nSPS) is 20.9. The van der Waals surface area contributed by atoms with Crippen LogP contribution in [0.5, 0.6) is 0 Å². The minimum atomic E-state index is -1.16. The standard InChI is InChI=1S/C15H17N3O6/c19-13-9-23-6-5-17(13)10-1-3-11(4-2-10)18-8-12(24-15(18)22)7-16-14(20)21/h1-4,12,16H,5-9H2,(H,20,21). The van der Waals surface area contributed by atoms with Crippen LogP contribution < -0.4 is 15.1 Å². The molecule has 1 unspecified atom stereocenters. The van der Waals surface area contributed by atoms with Crippen LogP contribution in [0.15, 0.2) is 24.3 Å². The van der Waals surface area contributed by atoms with Crippen molar-refractivity contribution in [1.82, 2.24) is 5.32 Å². The Bertz CT molecular complexity index is 647. The zero-order valence-corrected chi connectivity index (χ0v) is 12.8. The van der Waals surface area contributed by atoms with Gasteiger partial charge in [0.2, 0.25) is 0 Å². The lowest BCUT2D eigenvalue weighted by Gasteiger charge is -2.27. The number of anilines is 2. The Morgan fingerprint density at radius 1 is 1.21 bits per heavy atom. The second-order valence-corrected chi connectivity index (χ2v) is 5.42. The minimum absolute atomic E-state index is 0.0396. The lowest BCUT2D eigenvalue weighted by Crippen LogP contribution is -2.41. The van der Waals surface area contributed by atoms with Gasteiger partial charge in [0.25, 0.3) is 5.91 Å². The third kappa shape index (κ3) is 3.40. The molecule has 1 aromatic carbocycles. The Morgan fingerprint density at radius 2 is 1.88 bits per heavy atom. The monoisotopic (exact) mass is 335 g/mol. The molecule has 2 saturated heterocycles. The van der Waals surface area contributed by atoms with Crippen molar-refractivity contribution in [3.8, 4) is 0 Å². The van der Waals surface area contributed by atoms with E-state index < -0.39 is 18.3 Å². The lowest BCUT2D eigenvalue weighted by atomic mass is 10.2. The number of hydrogen-bond donors (Lipinski definition) is 2. The molecule has 24 heavy (non-hydrogen) atoms. The number of carbonyl (C=O) groups is 3. The van der Waals surface area contributed by atoms with E-state index in [0.717, 1.165) is 5.69 Å². The number of ether oxygens (including phenoxy) is 2. The Balaban J connectivity index is 1.66. The van der Waals surface area contributed by atoms with Crippen LogP contribution in [-0.2, 0) is 14.3 Å². The number of cyclic esters (lactones) is 1. The molecule has 0 bridgehead atoms. The van der Waals surface area contributed by atoms with Crippen molar-refractivity contribution in [2.75, 3.05) is 42.6 Å². The highest BCUT2D eigenvalue weighted by Gasteiger charge is 2.32. The number of hydrogen-bond acceptors (Lipinski definition) is 5. The molecule has 2 aliphatic rings. The van der Waals surface area contributed by atoms with E-state index >= 15 is 0 Å². The van der Waals surface area contributed by atoms with E-state index in [1.165, 1.54) is 4.90 Å². The van der Waals surface area contributed by atoms with Crippen LogP contribution in [0.4, 0.5) is 21.0 Å². The van der Waals surface area contributed by atoms with E-state index in [1.54, 1.807) is 29.2 Å². The summed E-state index contributed by atoms with van der Waals surface area (Å²) in [5, 5.41) is 10.8. The summed E-state index contributed by atoms with van der Waals surface area (Å²) in [4.78, 5) is 37.3. The van der Waals surface area contributed by atoms with Crippen LogP contribution in [0, 0.1) is 0 Å². The SMILES string of the molecule is O=C(O)NCC1CN(c2ccc(N3CCOCC3=O)cc2)C(=O)O1. The summed E-state index contributed by atoms with van der Waals surface area (Å²) >= 11 is 0. The average Bonchev–Trinajstić information content (AvgIpc) is 2.94. The number of nitrogens with zero attached hydrogens (tertiary/aromatic N) is 2. The molecule has 0 spiro atoms. The van der Waals surface area contributed by atoms with Gasteiger partial charge in [-0.25, -0.2) is 9.59 Å². The fourth-order valence-electron chi connectivity index (χ4n) is 2.64. The Hall–Kier alpha value is -2.81. The van der Waals surface area contributed by atoms with Gasteiger partial charge in [-0.2, -0.15) is 0 Å². The number of carboxylic acid groups (broad SMARTS) is 1. The minimum Gasteiger partial charge on any atom is -0.465 e. The topological polar surface area (TPSA) is 108 Å². The molecule has 0 radical (unpaired) electrons. The summed E-state index contributed by atoms with van der Waals surface area (Å²) in [6.07, 6.45) is -2.22. The highest BCUT2D eigenvalue weighted by molar-refractivity contribution is 5.95. The van der Waals surface area contributed by atoms with Crippen molar-refractivity contribution in [2.45, 2.75) is 6.10 Å². The first kappa shape index (κ1) is 16.1. The summed E-state index contributed by atoms with van der Waals surface area (Å²) in [6, 6.07) is 6.97. The van der Waals surface area contributed by atoms with Crippen molar-refractivity contribution in [1.29, 1.82) is 0 Å². The molecule has 0 aliphatic carbocycles. The van der Waals surface area contributed by atoms with Gasteiger partial charge in [0.05, 0.1) is 19.7 Å². The quantitative estimate of drug-likeness (QED) is 0.836. The molecule has 3 rings (SSSR count). The molecule has 2 heterocycles. The Morgan fingerprint density at radius 3 is 2.50 bits per heavy atom. The summed E-state index contributed by atoms with van der Waals surface area (Å²) < 4.78 is 10.2. The zero-order valence-electron chi connectivity index (χ0n) is 12.8. The van der Waals surface area contributed by atoms with Crippen molar-refractivity contribution in [3.63, 3.8) is 0 Å². The van der Waals surface area contributed by atoms with E-state index in [1.807, 2.05) is 0 Å². The molecule has 9 nitrogen and oxygen atoms in total. The Kier molecular flexibility index (Phi) is 4.52. The van der Waals surface area contributed by atoms with E-state index in [4.69, 9.17) is 14.6 Å². The van der Waals surface area contributed by atoms with Gasteiger partial charge < -0.3 is 24.8 Å². The largest absolute Gasteiger partial charge is 0.465 e. The van der Waals surface area contributed by atoms with Crippen LogP contribution in [0.1, 0.15) is 0 Å². The molecule has 3 amide bonds. The summed E-state index contributed by atoms with van der Waals surface area (Å²) in [7, 11) is 0. The Labute approximate surface area is 137 Å². The number of carbonyl (C=O) groups excluding carboxylic acids is 2. The van der Waals surface area contributed by atoms with Crippen LogP contribution in [0.2, 0.25) is 0 Å². The van der Waals surface area contributed by atoms with E-state index in [-0.39, 0.29) is 25.6 Å². The number of benzene rings is 1. The molecule has 1 atom stereocenters.